The van der Waals surface area contributed by atoms with Crippen LogP contribution in [0, 0.1) is 0 Å². The smallest absolute Gasteiger partial charge is 0.302 e. The minimum absolute atomic E-state index is 0.106. The minimum atomic E-state index is -0.267. The van der Waals surface area contributed by atoms with Crippen LogP contribution >= 0.6 is 0 Å². The second kappa shape index (κ2) is 7.27. The van der Waals surface area contributed by atoms with Crippen molar-refractivity contribution >= 4 is 11.9 Å². The summed E-state index contributed by atoms with van der Waals surface area (Å²) < 4.78 is 10.2. The zero-order valence-electron chi connectivity index (χ0n) is 10.6. The Balaban J connectivity index is 2.12. The number of ether oxygens (including phenoxy) is 2. The first-order chi connectivity index (χ1) is 8.09. The second-order valence-corrected chi connectivity index (χ2v) is 4.31. The number of rotatable bonds is 5. The average molecular weight is 243 g/mol. The third-order valence-electron chi connectivity index (χ3n) is 2.73. The van der Waals surface area contributed by atoms with E-state index in [4.69, 9.17) is 9.47 Å². The molecule has 0 spiro atoms. The van der Waals surface area contributed by atoms with Gasteiger partial charge >= 0.3 is 5.97 Å². The Morgan fingerprint density at radius 3 is 2.59 bits per heavy atom. The second-order valence-electron chi connectivity index (χ2n) is 4.31. The highest BCUT2D eigenvalue weighted by molar-refractivity contribution is 5.76. The maximum absolute atomic E-state index is 11.8. The van der Waals surface area contributed by atoms with Crippen molar-refractivity contribution < 1.29 is 19.1 Å². The number of esters is 1. The predicted octanol–water partition coefficient (Wildman–Crippen LogP) is 0.967. The van der Waals surface area contributed by atoms with Gasteiger partial charge in [-0.3, -0.25) is 9.59 Å². The summed E-state index contributed by atoms with van der Waals surface area (Å²) in [6.07, 6.45) is 1.90. The van der Waals surface area contributed by atoms with E-state index in [1.54, 1.807) is 0 Å². The van der Waals surface area contributed by atoms with Crippen LogP contribution in [0.1, 0.15) is 33.1 Å². The molecule has 17 heavy (non-hydrogen) atoms. The van der Waals surface area contributed by atoms with E-state index in [0.29, 0.717) is 32.7 Å². The average Bonchev–Trinajstić information content (AvgIpc) is 2.29. The molecule has 1 atom stereocenters. The lowest BCUT2D eigenvalue weighted by Crippen LogP contribution is -2.40. The zero-order chi connectivity index (χ0) is 12.7. The van der Waals surface area contributed by atoms with Crippen molar-refractivity contribution in [2.24, 2.45) is 0 Å². The van der Waals surface area contributed by atoms with E-state index < -0.39 is 0 Å². The Morgan fingerprint density at radius 2 is 2.00 bits per heavy atom. The van der Waals surface area contributed by atoms with Crippen molar-refractivity contribution in [3.8, 4) is 0 Å². The Labute approximate surface area is 102 Å². The molecule has 0 aliphatic carbocycles. The van der Waals surface area contributed by atoms with Crippen LogP contribution in [0.4, 0.5) is 0 Å². The first-order valence-corrected chi connectivity index (χ1v) is 6.12. The lowest BCUT2D eigenvalue weighted by Gasteiger charge is -2.27. The van der Waals surface area contributed by atoms with Gasteiger partial charge in [-0.2, -0.15) is 0 Å². The topological polar surface area (TPSA) is 55.8 Å². The van der Waals surface area contributed by atoms with E-state index in [2.05, 4.69) is 0 Å². The standard InChI is InChI=1S/C12H21NO4/c1-10(17-11(2)14)4-3-5-12(15)13-6-8-16-9-7-13/h10H,3-9H2,1-2H3/t10-/m1/s1. The molecule has 0 saturated carbocycles. The van der Waals surface area contributed by atoms with Gasteiger partial charge in [0.1, 0.15) is 0 Å². The van der Waals surface area contributed by atoms with E-state index >= 15 is 0 Å². The van der Waals surface area contributed by atoms with Gasteiger partial charge in [0.15, 0.2) is 0 Å². The van der Waals surface area contributed by atoms with Crippen molar-refractivity contribution in [3.63, 3.8) is 0 Å². The van der Waals surface area contributed by atoms with Crippen LogP contribution < -0.4 is 0 Å². The van der Waals surface area contributed by atoms with E-state index in [9.17, 15) is 9.59 Å². The van der Waals surface area contributed by atoms with Gasteiger partial charge in [-0.1, -0.05) is 0 Å². The zero-order valence-corrected chi connectivity index (χ0v) is 10.6. The molecular weight excluding hydrogens is 222 g/mol. The number of hydrogen-bond acceptors (Lipinski definition) is 4. The molecule has 1 aliphatic rings. The van der Waals surface area contributed by atoms with Crippen molar-refractivity contribution in [3.05, 3.63) is 0 Å². The number of hydrogen-bond donors (Lipinski definition) is 0. The summed E-state index contributed by atoms with van der Waals surface area (Å²) in [7, 11) is 0. The molecule has 0 aromatic heterocycles. The van der Waals surface area contributed by atoms with Gasteiger partial charge in [-0.15, -0.1) is 0 Å². The van der Waals surface area contributed by atoms with Crippen molar-refractivity contribution in [1.29, 1.82) is 0 Å². The quantitative estimate of drug-likeness (QED) is 0.675. The molecule has 0 aromatic carbocycles. The Bertz CT molecular complexity index is 261. The lowest BCUT2D eigenvalue weighted by molar-refractivity contribution is -0.145. The number of carbonyl (C=O) groups excluding carboxylic acids is 2. The molecule has 0 bridgehead atoms. The van der Waals surface area contributed by atoms with E-state index in [-0.39, 0.29) is 18.0 Å². The molecule has 1 aliphatic heterocycles. The molecule has 1 heterocycles. The fourth-order valence-electron chi connectivity index (χ4n) is 1.85. The fraction of sp³-hybridized carbons (Fsp3) is 0.833. The highest BCUT2D eigenvalue weighted by Gasteiger charge is 2.16. The monoisotopic (exact) mass is 243 g/mol. The molecule has 0 N–H and O–H groups in total. The van der Waals surface area contributed by atoms with Crippen LogP contribution in [0.3, 0.4) is 0 Å². The Hall–Kier alpha value is -1.10. The largest absolute Gasteiger partial charge is 0.463 e. The summed E-state index contributed by atoms with van der Waals surface area (Å²) in [6.45, 7) is 5.90. The van der Waals surface area contributed by atoms with Gasteiger partial charge in [0.25, 0.3) is 0 Å². The summed E-state index contributed by atoms with van der Waals surface area (Å²) in [4.78, 5) is 24.3. The summed E-state index contributed by atoms with van der Waals surface area (Å²) in [5.74, 6) is -0.0969. The highest BCUT2D eigenvalue weighted by atomic mass is 16.5. The summed E-state index contributed by atoms with van der Waals surface area (Å²) in [6, 6.07) is 0. The van der Waals surface area contributed by atoms with Gasteiger partial charge in [-0.05, 0) is 19.8 Å². The van der Waals surface area contributed by atoms with Crippen LogP contribution in [0.2, 0.25) is 0 Å². The Kier molecular flexibility index (Phi) is 5.97. The van der Waals surface area contributed by atoms with Gasteiger partial charge in [0.05, 0.1) is 19.3 Å². The molecule has 1 saturated heterocycles. The molecule has 0 aromatic rings. The van der Waals surface area contributed by atoms with E-state index in [0.717, 1.165) is 12.8 Å². The van der Waals surface area contributed by atoms with Crippen LogP contribution in [0.25, 0.3) is 0 Å². The van der Waals surface area contributed by atoms with Crippen LogP contribution in [-0.4, -0.2) is 49.2 Å². The predicted molar refractivity (Wildman–Crippen MR) is 62.5 cm³/mol. The molecule has 0 unspecified atom stereocenters. The van der Waals surface area contributed by atoms with Gasteiger partial charge in [0, 0.05) is 26.4 Å². The van der Waals surface area contributed by atoms with Gasteiger partial charge < -0.3 is 14.4 Å². The van der Waals surface area contributed by atoms with E-state index in [1.165, 1.54) is 6.92 Å². The fourth-order valence-corrected chi connectivity index (χ4v) is 1.85. The molecule has 1 rings (SSSR count). The van der Waals surface area contributed by atoms with Gasteiger partial charge in [-0.25, -0.2) is 0 Å². The first kappa shape index (κ1) is 14.0. The molecule has 1 amide bonds. The SMILES string of the molecule is CC(=O)O[C@H](C)CCCC(=O)N1CCOCC1. The summed E-state index contributed by atoms with van der Waals surface area (Å²) in [5.41, 5.74) is 0. The summed E-state index contributed by atoms with van der Waals surface area (Å²) >= 11 is 0. The number of amides is 1. The number of morpholine rings is 1. The lowest BCUT2D eigenvalue weighted by atomic mass is 10.1. The molecular formula is C12H21NO4. The van der Waals surface area contributed by atoms with Crippen LogP contribution in [0.5, 0.6) is 0 Å². The molecule has 0 radical (unpaired) electrons. The van der Waals surface area contributed by atoms with Crippen molar-refractivity contribution in [1.82, 2.24) is 4.90 Å². The number of carbonyl (C=O) groups is 2. The maximum atomic E-state index is 11.8. The van der Waals surface area contributed by atoms with E-state index in [1.807, 2.05) is 11.8 Å². The first-order valence-electron chi connectivity index (χ1n) is 6.12. The van der Waals surface area contributed by atoms with Crippen LogP contribution in [0.15, 0.2) is 0 Å². The molecule has 98 valence electrons. The summed E-state index contributed by atoms with van der Waals surface area (Å²) in [5, 5.41) is 0. The molecule has 1 fully saturated rings. The normalized spacial score (nSPS) is 17.6. The van der Waals surface area contributed by atoms with Crippen molar-refractivity contribution in [2.45, 2.75) is 39.2 Å². The molecule has 5 heteroatoms. The van der Waals surface area contributed by atoms with Crippen molar-refractivity contribution in [2.75, 3.05) is 26.3 Å². The molecule has 5 nitrogen and oxygen atoms in total. The van der Waals surface area contributed by atoms with Crippen LogP contribution in [-0.2, 0) is 19.1 Å². The number of nitrogens with zero attached hydrogens (tertiary/aromatic N) is 1. The maximum Gasteiger partial charge on any atom is 0.302 e. The third-order valence-corrected chi connectivity index (χ3v) is 2.73. The Morgan fingerprint density at radius 1 is 1.35 bits per heavy atom. The van der Waals surface area contributed by atoms with Gasteiger partial charge in [0.2, 0.25) is 5.91 Å². The minimum Gasteiger partial charge on any atom is -0.463 e. The third kappa shape index (κ3) is 5.68. The highest BCUT2D eigenvalue weighted by Crippen LogP contribution is 2.08.